The first-order valence-electron chi connectivity index (χ1n) is 6.30. The molecule has 96 valence electrons. The zero-order chi connectivity index (χ0) is 12.4. The molecule has 3 unspecified atom stereocenters. The zero-order valence-electron chi connectivity index (χ0n) is 10.1. The number of rotatable bonds is 3. The molecule has 0 aromatic heterocycles. The van der Waals surface area contributed by atoms with Gasteiger partial charge < -0.3 is 14.7 Å². The molecular formula is C12H19NO4. The number of piperidine rings is 1. The Morgan fingerprint density at radius 1 is 1.41 bits per heavy atom. The van der Waals surface area contributed by atoms with Gasteiger partial charge in [0.15, 0.2) is 0 Å². The lowest BCUT2D eigenvalue weighted by atomic mass is 9.95. The number of fused-ring (bicyclic) bond motifs is 2. The van der Waals surface area contributed by atoms with Crippen LogP contribution in [0.25, 0.3) is 0 Å². The predicted octanol–water partition coefficient (Wildman–Crippen LogP) is 1.86. The van der Waals surface area contributed by atoms with Crippen molar-refractivity contribution in [1.29, 1.82) is 0 Å². The number of hydrogen-bond acceptors (Lipinski definition) is 3. The SMILES string of the molecule is CCOC(=O)N1C2CCCC1C(CC(=O)O)C2. The molecule has 1 N–H and O–H groups in total. The van der Waals surface area contributed by atoms with E-state index in [1.807, 2.05) is 0 Å². The number of amides is 1. The number of carboxylic acids is 1. The lowest BCUT2D eigenvalue weighted by molar-refractivity contribution is -0.138. The first-order chi connectivity index (χ1) is 8.13. The van der Waals surface area contributed by atoms with Gasteiger partial charge in [-0.1, -0.05) is 0 Å². The molecule has 2 bridgehead atoms. The lowest BCUT2D eigenvalue weighted by Gasteiger charge is -2.34. The van der Waals surface area contributed by atoms with Crippen LogP contribution in [-0.4, -0.2) is 40.8 Å². The number of ether oxygens (including phenoxy) is 1. The fraction of sp³-hybridized carbons (Fsp3) is 0.833. The van der Waals surface area contributed by atoms with Crippen molar-refractivity contribution in [3.8, 4) is 0 Å². The van der Waals surface area contributed by atoms with Crippen LogP contribution >= 0.6 is 0 Å². The number of carbonyl (C=O) groups excluding carboxylic acids is 1. The Morgan fingerprint density at radius 2 is 2.18 bits per heavy atom. The second-order valence-electron chi connectivity index (χ2n) is 4.85. The smallest absolute Gasteiger partial charge is 0.410 e. The summed E-state index contributed by atoms with van der Waals surface area (Å²) in [4.78, 5) is 24.5. The summed E-state index contributed by atoms with van der Waals surface area (Å²) in [5.74, 6) is -0.671. The highest BCUT2D eigenvalue weighted by molar-refractivity contribution is 5.70. The van der Waals surface area contributed by atoms with Crippen LogP contribution in [0.3, 0.4) is 0 Å². The van der Waals surface area contributed by atoms with Gasteiger partial charge in [0.1, 0.15) is 0 Å². The molecule has 0 spiro atoms. The average molecular weight is 241 g/mol. The summed E-state index contributed by atoms with van der Waals surface area (Å²) < 4.78 is 5.06. The highest BCUT2D eigenvalue weighted by atomic mass is 16.6. The molecule has 0 aliphatic carbocycles. The average Bonchev–Trinajstić information content (AvgIpc) is 2.46. The molecule has 2 heterocycles. The van der Waals surface area contributed by atoms with E-state index >= 15 is 0 Å². The van der Waals surface area contributed by atoms with Crippen LogP contribution in [0.2, 0.25) is 0 Å². The van der Waals surface area contributed by atoms with Crippen LogP contribution in [0.15, 0.2) is 0 Å². The Labute approximate surface area is 101 Å². The van der Waals surface area contributed by atoms with E-state index in [9.17, 15) is 9.59 Å². The summed E-state index contributed by atoms with van der Waals surface area (Å²) >= 11 is 0. The molecule has 5 heteroatoms. The molecule has 2 aliphatic heterocycles. The van der Waals surface area contributed by atoms with Gasteiger partial charge >= 0.3 is 12.1 Å². The Bertz CT molecular complexity index is 318. The summed E-state index contributed by atoms with van der Waals surface area (Å²) in [7, 11) is 0. The predicted molar refractivity (Wildman–Crippen MR) is 60.6 cm³/mol. The molecule has 3 atom stereocenters. The third kappa shape index (κ3) is 2.37. The van der Waals surface area contributed by atoms with Crippen LogP contribution in [0.1, 0.15) is 39.0 Å². The number of carbonyl (C=O) groups is 2. The Balaban J connectivity index is 2.08. The lowest BCUT2D eigenvalue weighted by Crippen LogP contribution is -2.45. The van der Waals surface area contributed by atoms with E-state index < -0.39 is 5.97 Å². The third-order valence-electron chi connectivity index (χ3n) is 3.82. The van der Waals surface area contributed by atoms with E-state index in [1.165, 1.54) is 0 Å². The number of hydrogen-bond donors (Lipinski definition) is 1. The summed E-state index contributed by atoms with van der Waals surface area (Å²) in [6.07, 6.45) is 3.68. The maximum atomic E-state index is 11.8. The fourth-order valence-electron chi connectivity index (χ4n) is 3.24. The number of carboxylic acid groups (broad SMARTS) is 1. The molecule has 0 aromatic carbocycles. The number of nitrogens with zero attached hydrogens (tertiary/aromatic N) is 1. The first kappa shape index (κ1) is 12.2. The fourth-order valence-corrected chi connectivity index (χ4v) is 3.24. The quantitative estimate of drug-likeness (QED) is 0.819. The van der Waals surface area contributed by atoms with Crippen LogP contribution in [0, 0.1) is 5.92 Å². The van der Waals surface area contributed by atoms with Gasteiger partial charge in [-0.2, -0.15) is 0 Å². The van der Waals surface area contributed by atoms with Crippen LogP contribution in [-0.2, 0) is 9.53 Å². The maximum absolute atomic E-state index is 11.8. The molecule has 17 heavy (non-hydrogen) atoms. The molecule has 0 saturated carbocycles. The van der Waals surface area contributed by atoms with E-state index in [2.05, 4.69) is 0 Å². The van der Waals surface area contributed by atoms with Crippen molar-refractivity contribution < 1.29 is 19.4 Å². The second kappa shape index (κ2) is 4.94. The molecule has 2 aliphatic rings. The van der Waals surface area contributed by atoms with E-state index in [-0.39, 0.29) is 30.5 Å². The minimum Gasteiger partial charge on any atom is -0.481 e. The van der Waals surface area contributed by atoms with E-state index in [4.69, 9.17) is 9.84 Å². The van der Waals surface area contributed by atoms with Crippen molar-refractivity contribution in [1.82, 2.24) is 4.90 Å². The van der Waals surface area contributed by atoms with Crippen molar-refractivity contribution in [2.45, 2.75) is 51.1 Å². The summed E-state index contributed by atoms with van der Waals surface area (Å²) in [5.41, 5.74) is 0. The highest BCUT2D eigenvalue weighted by Crippen LogP contribution is 2.41. The van der Waals surface area contributed by atoms with E-state index in [0.29, 0.717) is 6.61 Å². The van der Waals surface area contributed by atoms with Crippen LogP contribution < -0.4 is 0 Å². The second-order valence-corrected chi connectivity index (χ2v) is 4.85. The summed E-state index contributed by atoms with van der Waals surface area (Å²) in [6.45, 7) is 2.16. The van der Waals surface area contributed by atoms with Gasteiger partial charge in [-0.3, -0.25) is 4.79 Å². The summed E-state index contributed by atoms with van der Waals surface area (Å²) in [6, 6.07) is 0.265. The van der Waals surface area contributed by atoms with Crippen molar-refractivity contribution in [2.24, 2.45) is 5.92 Å². The van der Waals surface area contributed by atoms with E-state index in [1.54, 1.807) is 11.8 Å². The Hall–Kier alpha value is -1.26. The summed E-state index contributed by atoms with van der Waals surface area (Å²) in [5, 5.41) is 8.89. The van der Waals surface area contributed by atoms with Crippen LogP contribution in [0.5, 0.6) is 0 Å². The van der Waals surface area contributed by atoms with Gasteiger partial charge in [-0.15, -0.1) is 0 Å². The molecule has 5 nitrogen and oxygen atoms in total. The molecular weight excluding hydrogens is 222 g/mol. The largest absolute Gasteiger partial charge is 0.481 e. The minimum absolute atomic E-state index is 0.0731. The van der Waals surface area contributed by atoms with Crippen molar-refractivity contribution in [3.63, 3.8) is 0 Å². The van der Waals surface area contributed by atoms with Gasteiger partial charge in [0.05, 0.1) is 13.0 Å². The van der Waals surface area contributed by atoms with Gasteiger partial charge in [0, 0.05) is 12.1 Å². The zero-order valence-corrected chi connectivity index (χ0v) is 10.1. The Morgan fingerprint density at radius 3 is 2.82 bits per heavy atom. The van der Waals surface area contributed by atoms with Crippen molar-refractivity contribution in [2.75, 3.05) is 6.61 Å². The maximum Gasteiger partial charge on any atom is 0.410 e. The van der Waals surface area contributed by atoms with Gasteiger partial charge in [-0.25, -0.2) is 4.79 Å². The molecule has 0 radical (unpaired) electrons. The molecule has 0 aromatic rings. The highest BCUT2D eigenvalue weighted by Gasteiger charge is 2.46. The van der Waals surface area contributed by atoms with Gasteiger partial charge in [0.2, 0.25) is 0 Å². The monoisotopic (exact) mass is 241 g/mol. The van der Waals surface area contributed by atoms with Crippen molar-refractivity contribution in [3.05, 3.63) is 0 Å². The van der Waals surface area contributed by atoms with Gasteiger partial charge in [0.25, 0.3) is 0 Å². The molecule has 2 rings (SSSR count). The standard InChI is InChI=1S/C12H19NO4/c1-2-17-12(16)13-9-4-3-5-10(13)8(6-9)7-11(14)15/h8-10H,2-7H2,1H3,(H,14,15). The van der Waals surface area contributed by atoms with Crippen LogP contribution in [0.4, 0.5) is 4.79 Å². The minimum atomic E-state index is -0.772. The van der Waals surface area contributed by atoms with Gasteiger partial charge in [-0.05, 0) is 38.5 Å². The molecule has 1 amide bonds. The molecule has 2 fully saturated rings. The third-order valence-corrected chi connectivity index (χ3v) is 3.82. The van der Waals surface area contributed by atoms with E-state index in [0.717, 1.165) is 25.7 Å². The topological polar surface area (TPSA) is 66.8 Å². The number of aliphatic carboxylic acids is 1. The normalized spacial score (nSPS) is 31.4. The molecule has 2 saturated heterocycles. The Kier molecular flexibility index (Phi) is 3.54. The first-order valence-corrected chi connectivity index (χ1v) is 6.30. The van der Waals surface area contributed by atoms with Crippen molar-refractivity contribution >= 4 is 12.1 Å².